The van der Waals surface area contributed by atoms with Crippen LogP contribution in [-0.4, -0.2) is 21.7 Å². The maximum atomic E-state index is 12.6. The Morgan fingerprint density at radius 2 is 1.78 bits per heavy atom. The number of rotatable bonds is 2. The van der Waals surface area contributed by atoms with Gasteiger partial charge in [-0.05, 0) is 48.6 Å². The van der Waals surface area contributed by atoms with Crippen LogP contribution in [0.1, 0.15) is 0 Å². The first-order chi connectivity index (χ1) is 10.9. The van der Waals surface area contributed by atoms with Crippen LogP contribution in [0.25, 0.3) is 0 Å². The molecular formula is C15H13ClN2O3S2. The van der Waals surface area contributed by atoms with Gasteiger partial charge in [-0.2, -0.15) is 4.36 Å². The second-order valence-corrected chi connectivity index (χ2v) is 7.56. The molecule has 1 atom stereocenters. The van der Waals surface area contributed by atoms with E-state index < -0.39 is 15.8 Å². The van der Waals surface area contributed by atoms with E-state index >= 15 is 0 Å². The Balaban J connectivity index is 2.06. The summed E-state index contributed by atoms with van der Waals surface area (Å²) in [5.74, 6) is 0.364. The number of carbonyl (C=O) groups is 1. The third-order valence-electron chi connectivity index (χ3n) is 2.67. The summed E-state index contributed by atoms with van der Waals surface area (Å²) in [6.45, 7) is 0. The normalized spacial score (nSPS) is 12.8. The van der Waals surface area contributed by atoms with Crippen LogP contribution in [0.15, 0.2) is 63.9 Å². The Morgan fingerprint density at radius 3 is 2.39 bits per heavy atom. The van der Waals surface area contributed by atoms with Gasteiger partial charge in [0.1, 0.15) is 5.75 Å². The number of ether oxygens (including phenoxy) is 1. The Kier molecular flexibility index (Phi) is 5.70. The molecule has 0 saturated carbocycles. The number of para-hydroxylation sites is 1. The Hall–Kier alpha value is -1.96. The van der Waals surface area contributed by atoms with Crippen molar-refractivity contribution in [1.82, 2.24) is 5.32 Å². The lowest BCUT2D eigenvalue weighted by Gasteiger charge is -2.07. The average molecular weight is 369 g/mol. The minimum absolute atomic E-state index is 0.214. The molecule has 1 N–H and O–H groups in total. The van der Waals surface area contributed by atoms with E-state index in [1.165, 1.54) is 6.26 Å². The number of nitrogens with one attached hydrogen (secondary N) is 1. The third-order valence-corrected chi connectivity index (χ3v) is 4.91. The number of halogens is 1. The molecule has 0 unspecified atom stereocenters. The number of benzene rings is 2. The highest BCUT2D eigenvalue weighted by atomic mass is 35.5. The van der Waals surface area contributed by atoms with Gasteiger partial charge in [0.05, 0.1) is 9.73 Å². The fourth-order valence-corrected chi connectivity index (χ4v) is 3.37. The van der Waals surface area contributed by atoms with Crippen molar-refractivity contribution in [3.63, 3.8) is 0 Å². The zero-order chi connectivity index (χ0) is 16.9. The highest BCUT2D eigenvalue weighted by Crippen LogP contribution is 2.16. The SMILES string of the molecule is C[S@](=O)(=NC(=S)NC(=O)Oc1ccccc1)c1ccc(Cl)cc1. The second kappa shape index (κ2) is 7.54. The van der Waals surface area contributed by atoms with Crippen LogP contribution in [0.5, 0.6) is 5.75 Å². The van der Waals surface area contributed by atoms with Gasteiger partial charge in [0.2, 0.25) is 5.11 Å². The van der Waals surface area contributed by atoms with Crippen LogP contribution in [0.2, 0.25) is 5.02 Å². The Bertz CT molecular complexity index is 830. The summed E-state index contributed by atoms with van der Waals surface area (Å²) < 4.78 is 21.5. The van der Waals surface area contributed by atoms with E-state index in [9.17, 15) is 9.00 Å². The zero-order valence-electron chi connectivity index (χ0n) is 12.1. The van der Waals surface area contributed by atoms with Gasteiger partial charge in [-0.3, -0.25) is 5.32 Å². The molecule has 0 aliphatic rings. The molecule has 5 nitrogen and oxygen atoms in total. The van der Waals surface area contributed by atoms with E-state index in [-0.39, 0.29) is 5.11 Å². The number of hydrogen-bond donors (Lipinski definition) is 1. The van der Waals surface area contributed by atoms with E-state index in [1.54, 1.807) is 54.6 Å². The molecule has 23 heavy (non-hydrogen) atoms. The predicted octanol–water partition coefficient (Wildman–Crippen LogP) is 3.87. The van der Waals surface area contributed by atoms with Crippen LogP contribution in [0, 0.1) is 0 Å². The molecule has 1 amide bonds. The molecule has 0 spiro atoms. The Morgan fingerprint density at radius 1 is 1.17 bits per heavy atom. The van der Waals surface area contributed by atoms with Crippen LogP contribution in [-0.2, 0) is 9.73 Å². The van der Waals surface area contributed by atoms with Crippen molar-refractivity contribution in [1.29, 1.82) is 0 Å². The van der Waals surface area contributed by atoms with Gasteiger partial charge in [-0.1, -0.05) is 29.8 Å². The van der Waals surface area contributed by atoms with Crippen LogP contribution < -0.4 is 10.1 Å². The molecule has 0 aromatic heterocycles. The minimum Gasteiger partial charge on any atom is -0.410 e. The van der Waals surface area contributed by atoms with Crippen molar-refractivity contribution < 1.29 is 13.7 Å². The first-order valence-electron chi connectivity index (χ1n) is 6.42. The summed E-state index contributed by atoms with van der Waals surface area (Å²) >= 11 is 10.7. The summed E-state index contributed by atoms with van der Waals surface area (Å²) in [5, 5.41) is 2.57. The summed E-state index contributed by atoms with van der Waals surface area (Å²) in [4.78, 5) is 12.2. The zero-order valence-corrected chi connectivity index (χ0v) is 14.5. The molecule has 0 aliphatic carbocycles. The van der Waals surface area contributed by atoms with E-state index in [4.69, 9.17) is 28.6 Å². The van der Waals surface area contributed by atoms with Crippen molar-refractivity contribution in [3.8, 4) is 5.75 Å². The molecule has 0 heterocycles. The van der Waals surface area contributed by atoms with Gasteiger partial charge in [-0.25, -0.2) is 9.00 Å². The molecule has 2 aromatic carbocycles. The molecule has 8 heteroatoms. The lowest BCUT2D eigenvalue weighted by atomic mass is 10.3. The third kappa shape index (κ3) is 5.31. The van der Waals surface area contributed by atoms with Crippen molar-refractivity contribution in [2.75, 3.05) is 6.26 Å². The number of amides is 1. The lowest BCUT2D eigenvalue weighted by Crippen LogP contribution is -2.31. The van der Waals surface area contributed by atoms with Gasteiger partial charge in [0.15, 0.2) is 0 Å². The number of nitrogens with zero attached hydrogens (tertiary/aromatic N) is 1. The highest BCUT2D eigenvalue weighted by molar-refractivity contribution is 7.94. The van der Waals surface area contributed by atoms with E-state index in [2.05, 4.69) is 9.68 Å². The molecule has 2 aromatic rings. The van der Waals surface area contributed by atoms with Crippen molar-refractivity contribution >= 4 is 44.8 Å². The summed E-state index contributed by atoms with van der Waals surface area (Å²) in [6, 6.07) is 14.9. The molecular weight excluding hydrogens is 356 g/mol. The van der Waals surface area contributed by atoms with Crippen molar-refractivity contribution in [2.45, 2.75) is 4.90 Å². The van der Waals surface area contributed by atoms with Crippen molar-refractivity contribution in [3.05, 3.63) is 59.6 Å². The quantitative estimate of drug-likeness (QED) is 0.817. The van der Waals surface area contributed by atoms with Crippen molar-refractivity contribution in [2.24, 2.45) is 4.36 Å². The second-order valence-electron chi connectivity index (χ2n) is 4.48. The van der Waals surface area contributed by atoms with Crippen LogP contribution in [0.3, 0.4) is 0 Å². The maximum absolute atomic E-state index is 12.6. The average Bonchev–Trinajstić information content (AvgIpc) is 2.47. The van der Waals surface area contributed by atoms with Gasteiger partial charge in [0, 0.05) is 16.2 Å². The van der Waals surface area contributed by atoms with Gasteiger partial charge in [-0.15, -0.1) is 0 Å². The van der Waals surface area contributed by atoms with E-state index in [0.717, 1.165) is 0 Å². The Labute approximate surface area is 144 Å². The largest absolute Gasteiger partial charge is 0.418 e. The summed E-state index contributed by atoms with van der Waals surface area (Å²) in [6.07, 6.45) is 0.628. The number of thiocarbonyl (C=S) groups is 1. The summed E-state index contributed by atoms with van der Waals surface area (Å²) in [7, 11) is -2.79. The molecule has 0 bridgehead atoms. The predicted molar refractivity (Wildman–Crippen MR) is 94.4 cm³/mol. The lowest BCUT2D eigenvalue weighted by molar-refractivity contribution is 0.206. The number of hydrogen-bond acceptors (Lipinski definition) is 4. The molecule has 0 radical (unpaired) electrons. The van der Waals surface area contributed by atoms with Gasteiger partial charge in [0.25, 0.3) is 0 Å². The maximum Gasteiger partial charge on any atom is 0.418 e. The minimum atomic E-state index is -2.79. The molecule has 0 saturated heterocycles. The van der Waals surface area contributed by atoms with Crippen LogP contribution >= 0.6 is 23.8 Å². The molecule has 0 fully saturated rings. The van der Waals surface area contributed by atoms with E-state index in [0.29, 0.717) is 15.7 Å². The van der Waals surface area contributed by atoms with Crippen LogP contribution in [0.4, 0.5) is 4.79 Å². The topological polar surface area (TPSA) is 67.8 Å². The fourth-order valence-electron chi connectivity index (χ4n) is 1.63. The molecule has 0 aliphatic heterocycles. The van der Waals surface area contributed by atoms with E-state index in [1.807, 2.05) is 0 Å². The first kappa shape index (κ1) is 17.4. The fraction of sp³-hybridized carbons (Fsp3) is 0.0667. The standard InChI is InChI=1S/C15H13ClN2O3S2/c1-23(20,13-9-7-11(16)8-10-13)18-14(22)17-15(19)21-12-5-3-2-4-6-12/h2-10H,1H3,(H,17,19,22)/t23-/m1/s1. The smallest absolute Gasteiger partial charge is 0.410 e. The number of carbonyl (C=O) groups excluding carboxylic acids is 1. The molecule has 2 rings (SSSR count). The van der Waals surface area contributed by atoms with Gasteiger partial charge < -0.3 is 4.74 Å². The molecule has 120 valence electrons. The van der Waals surface area contributed by atoms with Gasteiger partial charge >= 0.3 is 6.09 Å². The monoisotopic (exact) mass is 368 g/mol. The summed E-state index contributed by atoms with van der Waals surface area (Å²) in [5.41, 5.74) is 0. The first-order valence-corrected chi connectivity index (χ1v) is 9.13. The highest BCUT2D eigenvalue weighted by Gasteiger charge is 2.11.